The minimum absolute atomic E-state index is 0.0953. The summed E-state index contributed by atoms with van der Waals surface area (Å²) in [7, 11) is 0. The van der Waals surface area contributed by atoms with Crippen LogP contribution in [0, 0.1) is 0 Å². The number of carbonyl (C=O) groups is 1. The van der Waals surface area contributed by atoms with Crippen molar-refractivity contribution in [1.82, 2.24) is 14.8 Å². The number of amides is 1. The second-order valence-electron chi connectivity index (χ2n) is 9.12. The molecule has 0 radical (unpaired) electrons. The molecule has 0 N–H and O–H groups in total. The Hall–Kier alpha value is -2.12. The average Bonchev–Trinajstić information content (AvgIpc) is 3.22. The summed E-state index contributed by atoms with van der Waals surface area (Å²) < 4.78 is 11.3. The second-order valence-corrected chi connectivity index (χ2v) is 9.98. The van der Waals surface area contributed by atoms with E-state index in [9.17, 15) is 4.79 Å². The first kappa shape index (κ1) is 21.1. The molecule has 30 heavy (non-hydrogen) atoms. The fourth-order valence-electron chi connectivity index (χ4n) is 3.83. The number of piperazine rings is 1. The highest BCUT2D eigenvalue weighted by Gasteiger charge is 2.27. The van der Waals surface area contributed by atoms with Crippen molar-refractivity contribution in [2.45, 2.75) is 45.6 Å². The van der Waals surface area contributed by atoms with Crippen LogP contribution in [0.5, 0.6) is 11.5 Å². The van der Waals surface area contributed by atoms with Crippen molar-refractivity contribution in [3.63, 3.8) is 0 Å². The number of hydrogen-bond donors (Lipinski definition) is 0. The van der Waals surface area contributed by atoms with Crippen LogP contribution in [0.2, 0.25) is 0 Å². The second kappa shape index (κ2) is 8.55. The van der Waals surface area contributed by atoms with Crippen LogP contribution in [-0.2, 0) is 16.8 Å². The number of rotatable bonds is 4. The third-order valence-electron chi connectivity index (χ3n) is 5.70. The molecule has 1 fully saturated rings. The molecule has 0 spiro atoms. The number of carbonyl (C=O) groups excluding carboxylic acids is 1. The smallest absolute Gasteiger partial charge is 0.229 e. The van der Waals surface area contributed by atoms with Gasteiger partial charge >= 0.3 is 0 Å². The Morgan fingerprint density at radius 2 is 1.83 bits per heavy atom. The van der Waals surface area contributed by atoms with Gasteiger partial charge in [0.25, 0.3) is 0 Å². The zero-order valence-corrected chi connectivity index (χ0v) is 19.1. The topological polar surface area (TPSA) is 54.9 Å². The van der Waals surface area contributed by atoms with E-state index in [4.69, 9.17) is 14.5 Å². The number of thiazole rings is 1. The van der Waals surface area contributed by atoms with E-state index in [1.807, 2.05) is 30.0 Å². The highest BCUT2D eigenvalue weighted by molar-refractivity contribution is 7.09. The van der Waals surface area contributed by atoms with E-state index in [2.05, 4.69) is 31.1 Å². The Bertz CT molecular complexity index is 897. The maximum absolute atomic E-state index is 13.1. The molecule has 1 atom stereocenters. The van der Waals surface area contributed by atoms with E-state index in [1.165, 1.54) is 5.01 Å². The quantitative estimate of drug-likeness (QED) is 0.742. The lowest BCUT2D eigenvalue weighted by Gasteiger charge is -2.35. The van der Waals surface area contributed by atoms with Crippen LogP contribution in [-0.4, -0.2) is 60.1 Å². The van der Waals surface area contributed by atoms with Gasteiger partial charge in [0, 0.05) is 43.5 Å². The summed E-state index contributed by atoms with van der Waals surface area (Å²) in [6, 6.07) is 5.83. The summed E-state index contributed by atoms with van der Waals surface area (Å²) >= 11 is 1.74. The molecule has 1 saturated heterocycles. The van der Waals surface area contributed by atoms with Gasteiger partial charge < -0.3 is 14.4 Å². The summed E-state index contributed by atoms with van der Waals surface area (Å²) in [6.45, 7) is 13.8. The van der Waals surface area contributed by atoms with Crippen LogP contribution in [0.25, 0.3) is 0 Å². The van der Waals surface area contributed by atoms with Gasteiger partial charge in [-0.15, -0.1) is 11.3 Å². The number of hydrogen-bond acceptors (Lipinski definition) is 6. The lowest BCUT2D eigenvalue weighted by molar-refractivity contribution is -0.134. The van der Waals surface area contributed by atoms with Crippen molar-refractivity contribution in [3.05, 3.63) is 39.8 Å². The molecule has 1 aromatic carbocycles. The summed E-state index contributed by atoms with van der Waals surface area (Å²) in [6.07, 6.45) is 0. The first-order valence-corrected chi connectivity index (χ1v) is 11.5. The average molecular weight is 430 g/mol. The molecular weight excluding hydrogens is 398 g/mol. The molecule has 3 heterocycles. The molecule has 2 aliphatic rings. The predicted molar refractivity (Wildman–Crippen MR) is 119 cm³/mol. The van der Waals surface area contributed by atoms with Gasteiger partial charge in [0.2, 0.25) is 5.91 Å². The summed E-state index contributed by atoms with van der Waals surface area (Å²) in [5, 5.41) is 3.35. The van der Waals surface area contributed by atoms with Gasteiger partial charge in [0.05, 0.1) is 16.6 Å². The molecule has 0 bridgehead atoms. The van der Waals surface area contributed by atoms with Crippen LogP contribution in [0.1, 0.15) is 49.9 Å². The van der Waals surface area contributed by atoms with Crippen molar-refractivity contribution in [3.8, 4) is 11.5 Å². The highest BCUT2D eigenvalue weighted by Crippen LogP contribution is 2.33. The number of fused-ring (bicyclic) bond motifs is 1. The Labute approximate surface area is 182 Å². The molecule has 7 heteroatoms. The van der Waals surface area contributed by atoms with Crippen LogP contribution in [0.15, 0.2) is 23.6 Å². The van der Waals surface area contributed by atoms with Crippen molar-refractivity contribution in [1.29, 1.82) is 0 Å². The molecular formula is C23H31N3O3S. The van der Waals surface area contributed by atoms with Crippen molar-refractivity contribution in [2.75, 3.05) is 39.4 Å². The zero-order valence-electron chi connectivity index (χ0n) is 18.3. The predicted octanol–water partition coefficient (Wildman–Crippen LogP) is 3.66. The van der Waals surface area contributed by atoms with E-state index in [0.29, 0.717) is 13.2 Å². The Balaban J connectivity index is 1.32. The number of benzene rings is 1. The Kier molecular flexibility index (Phi) is 6.02. The largest absolute Gasteiger partial charge is 0.486 e. The SMILES string of the molecule is CC(C(=O)N1CCN(Cc2csc(C(C)(C)C)n2)CC1)c1ccc2c(c1)OCCO2. The van der Waals surface area contributed by atoms with Gasteiger partial charge in [-0.1, -0.05) is 26.8 Å². The molecule has 6 nitrogen and oxygen atoms in total. The van der Waals surface area contributed by atoms with Crippen molar-refractivity contribution >= 4 is 17.2 Å². The lowest BCUT2D eigenvalue weighted by atomic mass is 9.98. The van der Waals surface area contributed by atoms with E-state index >= 15 is 0 Å². The zero-order chi connectivity index (χ0) is 21.3. The van der Waals surface area contributed by atoms with Crippen LogP contribution < -0.4 is 9.47 Å². The van der Waals surface area contributed by atoms with Gasteiger partial charge in [-0.25, -0.2) is 4.98 Å². The fourth-order valence-corrected chi connectivity index (χ4v) is 4.72. The minimum atomic E-state index is -0.194. The van der Waals surface area contributed by atoms with Gasteiger partial charge in [0.15, 0.2) is 11.5 Å². The number of nitrogens with zero attached hydrogens (tertiary/aromatic N) is 3. The van der Waals surface area contributed by atoms with Gasteiger partial charge in [-0.05, 0) is 24.6 Å². The molecule has 1 amide bonds. The molecule has 2 aromatic rings. The van der Waals surface area contributed by atoms with Crippen LogP contribution >= 0.6 is 11.3 Å². The molecule has 162 valence electrons. The molecule has 0 saturated carbocycles. The molecule has 1 aromatic heterocycles. The monoisotopic (exact) mass is 429 g/mol. The maximum Gasteiger partial charge on any atom is 0.229 e. The normalized spacial score (nSPS) is 18.3. The standard InChI is InChI=1S/C23H31N3O3S/c1-16(17-5-6-19-20(13-17)29-12-11-28-19)21(27)26-9-7-25(8-10-26)14-18-15-30-22(24-18)23(2,3)4/h5-6,13,15-16H,7-12,14H2,1-4H3. The van der Waals surface area contributed by atoms with E-state index in [-0.39, 0.29) is 17.2 Å². The molecule has 0 aliphatic carbocycles. The lowest BCUT2D eigenvalue weighted by Crippen LogP contribution is -2.49. The third kappa shape index (κ3) is 4.62. The summed E-state index contributed by atoms with van der Waals surface area (Å²) in [4.78, 5) is 22.3. The Morgan fingerprint density at radius 3 is 2.50 bits per heavy atom. The van der Waals surface area contributed by atoms with Crippen molar-refractivity contribution < 1.29 is 14.3 Å². The van der Waals surface area contributed by atoms with E-state index in [0.717, 1.165) is 55.5 Å². The minimum Gasteiger partial charge on any atom is -0.486 e. The van der Waals surface area contributed by atoms with Crippen molar-refractivity contribution in [2.24, 2.45) is 0 Å². The number of ether oxygens (including phenoxy) is 2. The fraction of sp³-hybridized carbons (Fsp3) is 0.565. The first-order valence-electron chi connectivity index (χ1n) is 10.7. The maximum atomic E-state index is 13.1. The summed E-state index contributed by atoms with van der Waals surface area (Å²) in [5.41, 5.74) is 2.20. The van der Waals surface area contributed by atoms with Gasteiger partial charge in [-0.2, -0.15) is 0 Å². The third-order valence-corrected chi connectivity index (χ3v) is 7.02. The highest BCUT2D eigenvalue weighted by atomic mass is 32.1. The first-order chi connectivity index (χ1) is 14.3. The van der Waals surface area contributed by atoms with Gasteiger partial charge in [0.1, 0.15) is 13.2 Å². The van der Waals surface area contributed by atoms with Gasteiger partial charge in [-0.3, -0.25) is 9.69 Å². The van der Waals surface area contributed by atoms with Crippen LogP contribution in [0.4, 0.5) is 0 Å². The van der Waals surface area contributed by atoms with E-state index in [1.54, 1.807) is 11.3 Å². The molecule has 1 unspecified atom stereocenters. The summed E-state index contributed by atoms with van der Waals surface area (Å²) in [5.74, 6) is 1.48. The molecule has 2 aliphatic heterocycles. The number of aromatic nitrogens is 1. The Morgan fingerprint density at radius 1 is 1.13 bits per heavy atom. The molecule has 4 rings (SSSR count). The van der Waals surface area contributed by atoms with E-state index < -0.39 is 0 Å². The van der Waals surface area contributed by atoms with Crippen LogP contribution in [0.3, 0.4) is 0 Å².